The number of rotatable bonds is 2. The number of anilines is 1. The average molecular weight is 438 g/mol. The van der Waals surface area contributed by atoms with E-state index in [9.17, 15) is 9.18 Å². The summed E-state index contributed by atoms with van der Waals surface area (Å²) in [6.45, 7) is 5.10. The number of hydrogen-bond donors (Lipinski definition) is 0. The van der Waals surface area contributed by atoms with Crippen LogP contribution in [0.3, 0.4) is 0 Å². The van der Waals surface area contributed by atoms with Crippen LogP contribution in [0.1, 0.15) is 22.3 Å². The van der Waals surface area contributed by atoms with Crippen LogP contribution in [0, 0.1) is 16.3 Å². The number of benzene rings is 2. The van der Waals surface area contributed by atoms with Crippen LogP contribution in [-0.4, -0.2) is 37.0 Å². The van der Waals surface area contributed by atoms with E-state index in [-0.39, 0.29) is 11.7 Å². The number of amides is 1. The van der Waals surface area contributed by atoms with E-state index in [2.05, 4.69) is 27.5 Å². The number of nitrogens with zero attached hydrogens (tertiary/aromatic N) is 2. The molecule has 1 aliphatic rings. The maximum atomic E-state index is 13.1. The third-order valence-corrected chi connectivity index (χ3v) is 5.59. The number of carbonyl (C=O) groups excluding carboxylic acids is 1. The van der Waals surface area contributed by atoms with Gasteiger partial charge in [0.1, 0.15) is 5.82 Å². The van der Waals surface area contributed by atoms with Crippen molar-refractivity contribution in [2.24, 2.45) is 0 Å². The Morgan fingerprint density at radius 2 is 1.79 bits per heavy atom. The maximum absolute atomic E-state index is 13.1. The van der Waals surface area contributed by atoms with Crippen molar-refractivity contribution in [1.29, 1.82) is 0 Å². The van der Waals surface area contributed by atoms with Crippen LogP contribution in [0.2, 0.25) is 0 Å². The Bertz CT molecular complexity index is 733. The fourth-order valence-electron chi connectivity index (χ4n) is 2.99. The molecule has 0 atom stereocenters. The lowest BCUT2D eigenvalue weighted by Gasteiger charge is -2.24. The molecular weight excluding hydrogens is 418 g/mol. The standard InChI is InChI=1S/C19H20FIN2O/c1-14-13-15(3-8-18(14)21)19(24)23-10-2-9-22(11-12-23)17-6-4-16(20)5-7-17/h3-8,13H,2,9-12H2,1H3. The minimum atomic E-state index is -0.223. The van der Waals surface area contributed by atoms with Gasteiger partial charge in [-0.3, -0.25) is 4.79 Å². The fourth-order valence-corrected chi connectivity index (χ4v) is 3.33. The van der Waals surface area contributed by atoms with Crippen molar-refractivity contribution in [3.05, 3.63) is 63.0 Å². The Kier molecular flexibility index (Phi) is 5.38. The van der Waals surface area contributed by atoms with Gasteiger partial charge in [-0.15, -0.1) is 0 Å². The van der Waals surface area contributed by atoms with E-state index in [1.165, 1.54) is 15.7 Å². The highest BCUT2D eigenvalue weighted by Gasteiger charge is 2.20. The molecule has 2 aromatic rings. The summed E-state index contributed by atoms with van der Waals surface area (Å²) in [7, 11) is 0. The second-order valence-electron chi connectivity index (χ2n) is 6.07. The van der Waals surface area contributed by atoms with Crippen molar-refractivity contribution in [3.8, 4) is 0 Å². The molecule has 2 aromatic carbocycles. The van der Waals surface area contributed by atoms with Crippen LogP contribution in [0.15, 0.2) is 42.5 Å². The Morgan fingerprint density at radius 1 is 1.04 bits per heavy atom. The van der Waals surface area contributed by atoms with Crippen LogP contribution in [0.4, 0.5) is 10.1 Å². The molecule has 1 fully saturated rings. The molecule has 1 aliphatic heterocycles. The monoisotopic (exact) mass is 438 g/mol. The summed E-state index contributed by atoms with van der Waals surface area (Å²) in [5.41, 5.74) is 2.89. The van der Waals surface area contributed by atoms with E-state index in [1.54, 1.807) is 12.1 Å². The summed E-state index contributed by atoms with van der Waals surface area (Å²) >= 11 is 2.28. The molecule has 0 N–H and O–H groups in total. The maximum Gasteiger partial charge on any atom is 0.253 e. The SMILES string of the molecule is Cc1cc(C(=O)N2CCCN(c3ccc(F)cc3)CC2)ccc1I. The first-order valence-corrected chi connectivity index (χ1v) is 9.18. The van der Waals surface area contributed by atoms with Gasteiger partial charge in [-0.25, -0.2) is 4.39 Å². The zero-order valence-electron chi connectivity index (χ0n) is 13.6. The van der Waals surface area contributed by atoms with Gasteiger partial charge in [0.2, 0.25) is 0 Å². The van der Waals surface area contributed by atoms with E-state index in [0.717, 1.165) is 42.9 Å². The van der Waals surface area contributed by atoms with Crippen molar-refractivity contribution in [1.82, 2.24) is 4.90 Å². The Morgan fingerprint density at radius 3 is 2.50 bits per heavy atom. The Labute approximate surface area is 155 Å². The molecule has 0 saturated carbocycles. The van der Waals surface area contributed by atoms with Crippen LogP contribution in [0.25, 0.3) is 0 Å². The second kappa shape index (κ2) is 7.51. The lowest BCUT2D eigenvalue weighted by molar-refractivity contribution is 0.0767. The molecule has 0 aliphatic carbocycles. The molecule has 0 radical (unpaired) electrons. The number of aryl methyl sites for hydroxylation is 1. The normalized spacial score (nSPS) is 15.3. The van der Waals surface area contributed by atoms with Crippen LogP contribution in [-0.2, 0) is 0 Å². The van der Waals surface area contributed by atoms with E-state index < -0.39 is 0 Å². The Balaban J connectivity index is 1.69. The second-order valence-corrected chi connectivity index (χ2v) is 7.24. The third-order valence-electron chi connectivity index (χ3n) is 4.38. The molecule has 126 valence electrons. The average Bonchev–Trinajstić information content (AvgIpc) is 2.83. The molecule has 24 heavy (non-hydrogen) atoms. The first kappa shape index (κ1) is 17.2. The number of halogens is 2. The molecule has 1 heterocycles. The summed E-state index contributed by atoms with van der Waals surface area (Å²) < 4.78 is 14.2. The van der Waals surface area contributed by atoms with Gasteiger partial charge in [-0.05, 0) is 84.0 Å². The molecule has 1 amide bonds. The van der Waals surface area contributed by atoms with Crippen molar-refractivity contribution >= 4 is 34.2 Å². The van der Waals surface area contributed by atoms with Gasteiger partial charge in [0.25, 0.3) is 5.91 Å². The number of hydrogen-bond acceptors (Lipinski definition) is 2. The van der Waals surface area contributed by atoms with E-state index in [1.807, 2.05) is 30.0 Å². The lowest BCUT2D eigenvalue weighted by atomic mass is 10.1. The van der Waals surface area contributed by atoms with Crippen molar-refractivity contribution in [3.63, 3.8) is 0 Å². The van der Waals surface area contributed by atoms with Gasteiger partial charge in [-0.2, -0.15) is 0 Å². The highest BCUT2D eigenvalue weighted by atomic mass is 127. The van der Waals surface area contributed by atoms with Crippen LogP contribution >= 0.6 is 22.6 Å². The van der Waals surface area contributed by atoms with Crippen molar-refractivity contribution in [2.75, 3.05) is 31.1 Å². The summed E-state index contributed by atoms with van der Waals surface area (Å²) in [5, 5.41) is 0. The molecular formula is C19H20FIN2O. The molecule has 1 saturated heterocycles. The van der Waals surface area contributed by atoms with Gasteiger partial charge < -0.3 is 9.80 Å². The zero-order chi connectivity index (χ0) is 17.1. The molecule has 0 aromatic heterocycles. The molecule has 0 spiro atoms. The molecule has 3 nitrogen and oxygen atoms in total. The van der Waals surface area contributed by atoms with Crippen LogP contribution < -0.4 is 4.90 Å². The summed E-state index contributed by atoms with van der Waals surface area (Å²) in [4.78, 5) is 16.9. The van der Waals surface area contributed by atoms with Crippen LogP contribution in [0.5, 0.6) is 0 Å². The summed E-state index contributed by atoms with van der Waals surface area (Å²) in [6, 6.07) is 12.4. The van der Waals surface area contributed by atoms with Gasteiger partial charge in [0.15, 0.2) is 0 Å². The van der Waals surface area contributed by atoms with Gasteiger partial charge in [0.05, 0.1) is 0 Å². The van der Waals surface area contributed by atoms with E-state index in [4.69, 9.17) is 0 Å². The minimum absolute atomic E-state index is 0.0930. The van der Waals surface area contributed by atoms with E-state index in [0.29, 0.717) is 6.54 Å². The van der Waals surface area contributed by atoms with Crippen molar-refractivity contribution in [2.45, 2.75) is 13.3 Å². The third kappa shape index (κ3) is 3.88. The molecule has 0 bridgehead atoms. The summed E-state index contributed by atoms with van der Waals surface area (Å²) in [5.74, 6) is -0.130. The summed E-state index contributed by atoms with van der Waals surface area (Å²) in [6.07, 6.45) is 0.909. The quantitative estimate of drug-likeness (QED) is 0.660. The topological polar surface area (TPSA) is 23.6 Å². The number of carbonyl (C=O) groups is 1. The highest BCUT2D eigenvalue weighted by Crippen LogP contribution is 2.19. The minimum Gasteiger partial charge on any atom is -0.370 e. The first-order valence-electron chi connectivity index (χ1n) is 8.10. The van der Waals surface area contributed by atoms with Gasteiger partial charge >= 0.3 is 0 Å². The fraction of sp³-hybridized carbons (Fsp3) is 0.316. The molecule has 0 unspecified atom stereocenters. The Hall–Kier alpha value is -1.63. The zero-order valence-corrected chi connectivity index (χ0v) is 15.8. The first-order chi connectivity index (χ1) is 11.5. The van der Waals surface area contributed by atoms with E-state index >= 15 is 0 Å². The lowest BCUT2D eigenvalue weighted by Crippen LogP contribution is -2.35. The highest BCUT2D eigenvalue weighted by molar-refractivity contribution is 14.1. The predicted octanol–water partition coefficient (Wildman–Crippen LogP) is 4.09. The smallest absolute Gasteiger partial charge is 0.253 e. The van der Waals surface area contributed by atoms with Crippen molar-refractivity contribution < 1.29 is 9.18 Å². The van der Waals surface area contributed by atoms with Gasteiger partial charge in [0, 0.05) is 41.0 Å². The predicted molar refractivity (Wildman–Crippen MR) is 103 cm³/mol. The van der Waals surface area contributed by atoms with Gasteiger partial charge in [-0.1, -0.05) is 0 Å². The largest absolute Gasteiger partial charge is 0.370 e. The molecule has 3 rings (SSSR count). The molecule has 5 heteroatoms.